The molecule has 6 nitrogen and oxygen atoms in total. The molecular weight excluding hydrogens is 901 g/mol. The van der Waals surface area contributed by atoms with E-state index in [1.165, 1.54) is 141 Å². The van der Waals surface area contributed by atoms with Gasteiger partial charge in [-0.3, -0.25) is 14.4 Å². The van der Waals surface area contributed by atoms with Crippen molar-refractivity contribution in [3.8, 4) is 0 Å². The van der Waals surface area contributed by atoms with Crippen molar-refractivity contribution in [2.45, 2.75) is 297 Å². The quantitative estimate of drug-likeness (QED) is 0.0261. The van der Waals surface area contributed by atoms with Crippen molar-refractivity contribution in [1.82, 2.24) is 0 Å². The van der Waals surface area contributed by atoms with Crippen LogP contribution >= 0.6 is 0 Å². The molecule has 0 aromatic carbocycles. The first-order valence-electron chi connectivity index (χ1n) is 30.7. The van der Waals surface area contributed by atoms with Gasteiger partial charge in [0.1, 0.15) is 13.2 Å². The van der Waals surface area contributed by atoms with E-state index in [4.69, 9.17) is 14.2 Å². The maximum absolute atomic E-state index is 12.9. The number of esters is 3. The van der Waals surface area contributed by atoms with Gasteiger partial charge < -0.3 is 14.2 Å². The van der Waals surface area contributed by atoms with Crippen molar-refractivity contribution in [2.24, 2.45) is 0 Å². The van der Waals surface area contributed by atoms with E-state index in [1.807, 2.05) is 0 Å². The molecule has 0 saturated carbocycles. The van der Waals surface area contributed by atoms with E-state index in [-0.39, 0.29) is 37.5 Å². The molecule has 0 spiro atoms. The summed E-state index contributed by atoms with van der Waals surface area (Å²) in [5.74, 6) is -0.976. The van der Waals surface area contributed by atoms with E-state index in [1.54, 1.807) is 0 Å². The van der Waals surface area contributed by atoms with Crippen molar-refractivity contribution in [3.05, 3.63) is 97.2 Å². The molecule has 0 fully saturated rings. The Hall–Kier alpha value is -3.67. The van der Waals surface area contributed by atoms with Crippen molar-refractivity contribution in [3.63, 3.8) is 0 Å². The Bertz CT molecular complexity index is 1440. The largest absolute Gasteiger partial charge is 0.462 e. The van der Waals surface area contributed by atoms with Crippen LogP contribution in [0.5, 0.6) is 0 Å². The second-order valence-corrected chi connectivity index (χ2v) is 20.2. The minimum absolute atomic E-state index is 0.105. The summed E-state index contributed by atoms with van der Waals surface area (Å²) in [5.41, 5.74) is 0. The number of ether oxygens (including phenoxy) is 3. The number of rotatable bonds is 55. The summed E-state index contributed by atoms with van der Waals surface area (Å²) >= 11 is 0. The van der Waals surface area contributed by atoms with Gasteiger partial charge in [-0.05, 0) is 96.3 Å². The van der Waals surface area contributed by atoms with E-state index in [0.717, 1.165) is 103 Å². The molecule has 0 saturated heterocycles. The Kier molecular flexibility index (Phi) is 57.8. The molecule has 0 amide bonds. The lowest BCUT2D eigenvalue weighted by Gasteiger charge is -2.18. The zero-order valence-corrected chi connectivity index (χ0v) is 47.9. The number of carbonyl (C=O) groups excluding carboxylic acids is 3. The highest BCUT2D eigenvalue weighted by atomic mass is 16.6. The Balaban J connectivity index is 4.46. The molecule has 0 bridgehead atoms. The third kappa shape index (κ3) is 59.1. The molecule has 418 valence electrons. The topological polar surface area (TPSA) is 78.9 Å². The predicted octanol–water partition coefficient (Wildman–Crippen LogP) is 20.9. The van der Waals surface area contributed by atoms with Crippen molar-refractivity contribution >= 4 is 17.9 Å². The number of hydrogen-bond donors (Lipinski definition) is 0. The minimum Gasteiger partial charge on any atom is -0.462 e. The van der Waals surface area contributed by atoms with Crippen LogP contribution in [0.3, 0.4) is 0 Å². The normalized spacial score (nSPS) is 12.8. The molecule has 0 aromatic rings. The van der Waals surface area contributed by atoms with Gasteiger partial charge in [0.2, 0.25) is 0 Å². The van der Waals surface area contributed by atoms with Crippen molar-refractivity contribution < 1.29 is 28.6 Å². The summed E-state index contributed by atoms with van der Waals surface area (Å²) in [6.45, 7) is 6.46. The molecule has 0 radical (unpaired) electrons. The van der Waals surface area contributed by atoms with Gasteiger partial charge in [-0.15, -0.1) is 0 Å². The second kappa shape index (κ2) is 60.9. The highest BCUT2D eigenvalue weighted by molar-refractivity contribution is 5.71. The van der Waals surface area contributed by atoms with Crippen LogP contribution in [0.4, 0.5) is 0 Å². The molecule has 0 aliphatic carbocycles. The fourth-order valence-corrected chi connectivity index (χ4v) is 8.49. The van der Waals surface area contributed by atoms with Crippen LogP contribution in [-0.2, 0) is 28.6 Å². The number of unbranched alkanes of at least 4 members (excludes halogenated alkanes) is 28. The first-order valence-corrected chi connectivity index (χ1v) is 30.7. The van der Waals surface area contributed by atoms with E-state index < -0.39 is 6.10 Å². The zero-order chi connectivity index (χ0) is 52.9. The zero-order valence-electron chi connectivity index (χ0n) is 47.9. The summed E-state index contributed by atoms with van der Waals surface area (Å²) in [6, 6.07) is 0. The standard InChI is InChI=1S/C67H114O6/c1-4-7-10-13-16-19-22-25-28-31-32-33-34-37-40-43-46-49-52-55-58-61-67(70)73-64(62-71-65(68)59-56-53-50-47-44-41-38-35-29-26-23-20-17-14-11-8-5-2)63-72-66(69)60-57-54-51-48-45-42-39-36-30-27-24-21-18-15-12-9-6-3/h8,11,17-18,20-21,26-27,29-30,38-39,41-42,47,50,64H,4-7,9-10,12-16,19,22-25,28,31-37,40,43-46,48-49,51-63H2,1-3H3/b11-8-,20-17-,21-18-,29-26-,30-27-,41-38-,42-39-,50-47-/t64-/m1/s1. The Morgan fingerprint density at radius 2 is 0.548 bits per heavy atom. The van der Waals surface area contributed by atoms with E-state index in [0.29, 0.717) is 19.3 Å². The van der Waals surface area contributed by atoms with Gasteiger partial charge >= 0.3 is 17.9 Å². The molecule has 6 heteroatoms. The van der Waals surface area contributed by atoms with Gasteiger partial charge in [-0.2, -0.15) is 0 Å². The van der Waals surface area contributed by atoms with Crippen molar-refractivity contribution in [2.75, 3.05) is 13.2 Å². The average Bonchev–Trinajstić information content (AvgIpc) is 3.39. The summed E-state index contributed by atoms with van der Waals surface area (Å²) in [4.78, 5) is 38.2. The summed E-state index contributed by atoms with van der Waals surface area (Å²) in [6.07, 6.45) is 81.3. The first kappa shape index (κ1) is 69.3. The van der Waals surface area contributed by atoms with Crippen LogP contribution in [-0.4, -0.2) is 37.2 Å². The highest BCUT2D eigenvalue weighted by Gasteiger charge is 2.19. The van der Waals surface area contributed by atoms with Crippen LogP contribution in [0, 0.1) is 0 Å². The molecule has 0 aliphatic rings. The summed E-state index contributed by atoms with van der Waals surface area (Å²) in [5, 5.41) is 0. The van der Waals surface area contributed by atoms with Crippen LogP contribution in [0.15, 0.2) is 97.2 Å². The van der Waals surface area contributed by atoms with Gasteiger partial charge in [0.15, 0.2) is 6.10 Å². The molecule has 0 aliphatic heterocycles. The molecule has 1 atom stereocenters. The van der Waals surface area contributed by atoms with Crippen LogP contribution < -0.4 is 0 Å². The van der Waals surface area contributed by atoms with Gasteiger partial charge in [0.05, 0.1) is 0 Å². The maximum atomic E-state index is 12.9. The average molecular weight is 1020 g/mol. The predicted molar refractivity (Wildman–Crippen MR) is 316 cm³/mol. The first-order chi connectivity index (χ1) is 36.0. The summed E-state index contributed by atoms with van der Waals surface area (Å²) in [7, 11) is 0. The SMILES string of the molecule is CC/C=C\C/C=C\C/C=C\C/C=C\C/C=C\CCCC(=O)OC[C@H](COC(=O)CCCCCC/C=C\C/C=C\C/C=C\CCCCC)OC(=O)CCCCCCCCCCCCCCCCCCCCCCC. The van der Waals surface area contributed by atoms with E-state index >= 15 is 0 Å². The van der Waals surface area contributed by atoms with Crippen LogP contribution in [0.25, 0.3) is 0 Å². The number of allylic oxidation sites excluding steroid dienone is 16. The fraction of sp³-hybridized carbons (Fsp3) is 0.716. The van der Waals surface area contributed by atoms with E-state index in [2.05, 4.69) is 118 Å². The van der Waals surface area contributed by atoms with Crippen molar-refractivity contribution in [1.29, 1.82) is 0 Å². The monoisotopic (exact) mass is 1010 g/mol. The number of hydrogen-bond acceptors (Lipinski definition) is 6. The molecule has 0 aromatic heterocycles. The third-order valence-corrected chi connectivity index (χ3v) is 13.1. The minimum atomic E-state index is -0.810. The highest BCUT2D eigenvalue weighted by Crippen LogP contribution is 2.16. The lowest BCUT2D eigenvalue weighted by molar-refractivity contribution is -0.167. The second-order valence-electron chi connectivity index (χ2n) is 20.2. The van der Waals surface area contributed by atoms with Crippen LogP contribution in [0.1, 0.15) is 290 Å². The molecule has 0 heterocycles. The van der Waals surface area contributed by atoms with Gasteiger partial charge in [-0.25, -0.2) is 0 Å². The Morgan fingerprint density at radius 3 is 0.918 bits per heavy atom. The molecular formula is C67H114O6. The van der Waals surface area contributed by atoms with Gasteiger partial charge in [0.25, 0.3) is 0 Å². The third-order valence-electron chi connectivity index (χ3n) is 13.1. The molecule has 0 rings (SSSR count). The Labute approximate surface area is 451 Å². The fourth-order valence-electron chi connectivity index (χ4n) is 8.49. The molecule has 73 heavy (non-hydrogen) atoms. The maximum Gasteiger partial charge on any atom is 0.306 e. The lowest BCUT2D eigenvalue weighted by atomic mass is 10.0. The van der Waals surface area contributed by atoms with Gasteiger partial charge in [0, 0.05) is 19.3 Å². The molecule has 0 N–H and O–H groups in total. The Morgan fingerprint density at radius 1 is 0.288 bits per heavy atom. The van der Waals surface area contributed by atoms with Crippen LogP contribution in [0.2, 0.25) is 0 Å². The number of carbonyl (C=O) groups is 3. The summed E-state index contributed by atoms with van der Waals surface area (Å²) < 4.78 is 16.8. The lowest BCUT2D eigenvalue weighted by Crippen LogP contribution is -2.30. The smallest absolute Gasteiger partial charge is 0.306 e. The molecule has 0 unspecified atom stereocenters. The van der Waals surface area contributed by atoms with Gasteiger partial charge in [-0.1, -0.05) is 272 Å². The van der Waals surface area contributed by atoms with E-state index in [9.17, 15) is 14.4 Å².